The molecule has 0 bridgehead atoms. The summed E-state index contributed by atoms with van der Waals surface area (Å²) in [7, 11) is 0. The number of fused-ring (bicyclic) bond motifs is 1. The second kappa shape index (κ2) is 3.36. The van der Waals surface area contributed by atoms with E-state index in [4.69, 9.17) is 0 Å². The predicted molar refractivity (Wildman–Crippen MR) is 48.6 cm³/mol. The van der Waals surface area contributed by atoms with E-state index >= 15 is 0 Å². The minimum atomic E-state index is -4.30. The van der Waals surface area contributed by atoms with Crippen LogP contribution in [0.2, 0.25) is 0 Å². The lowest BCUT2D eigenvalue weighted by Gasteiger charge is -2.09. The fourth-order valence-electron chi connectivity index (χ4n) is 1.97. The zero-order chi connectivity index (χ0) is 11.1. The Morgan fingerprint density at radius 3 is 2.67 bits per heavy atom. The molecule has 0 heterocycles. The summed E-state index contributed by atoms with van der Waals surface area (Å²) in [6.07, 6.45) is -2.31. The molecule has 0 N–H and O–H groups in total. The largest absolute Gasteiger partial charge is 0.416 e. The highest BCUT2D eigenvalue weighted by Crippen LogP contribution is 2.36. The highest BCUT2D eigenvalue weighted by molar-refractivity contribution is 5.65. The van der Waals surface area contributed by atoms with Crippen molar-refractivity contribution in [2.75, 3.05) is 0 Å². The molecule has 0 spiro atoms. The first-order valence-corrected chi connectivity index (χ1v) is 4.67. The van der Waals surface area contributed by atoms with Crippen LogP contribution in [0.15, 0.2) is 18.2 Å². The lowest BCUT2D eigenvalue weighted by atomic mass is 10.0. The van der Waals surface area contributed by atoms with Gasteiger partial charge in [-0.25, -0.2) is 0 Å². The summed E-state index contributed by atoms with van der Waals surface area (Å²) in [5.41, 5.74) is 0.771. The molecular weight excluding hydrogens is 205 g/mol. The number of halogens is 3. The molecule has 1 aromatic carbocycles. The Kier molecular flexibility index (Phi) is 2.29. The molecule has 0 radical (unpaired) electrons. The molecule has 1 nitrogen and oxygen atoms in total. The zero-order valence-electron chi connectivity index (χ0n) is 7.84. The number of hydrogen-bond acceptors (Lipinski definition) is 1. The normalized spacial score (nSPS) is 20.1. The molecule has 4 heteroatoms. The van der Waals surface area contributed by atoms with Gasteiger partial charge in [-0.2, -0.15) is 13.2 Å². The van der Waals surface area contributed by atoms with Gasteiger partial charge in [-0.05, 0) is 36.1 Å². The second-order valence-electron chi connectivity index (χ2n) is 3.69. The van der Waals surface area contributed by atoms with E-state index in [0.29, 0.717) is 18.4 Å². The first kappa shape index (κ1) is 10.2. The number of carbonyl (C=O) groups is 1. The van der Waals surface area contributed by atoms with Gasteiger partial charge < -0.3 is 4.79 Å². The number of rotatable bonds is 1. The monoisotopic (exact) mass is 214 g/mol. The van der Waals surface area contributed by atoms with E-state index in [1.54, 1.807) is 0 Å². The Bertz CT molecular complexity index is 395. The van der Waals surface area contributed by atoms with Gasteiger partial charge in [-0.3, -0.25) is 0 Å². The smallest absolute Gasteiger partial charge is 0.303 e. The van der Waals surface area contributed by atoms with Crippen LogP contribution in [0.5, 0.6) is 0 Å². The van der Waals surface area contributed by atoms with E-state index in [1.165, 1.54) is 6.07 Å². The SMILES string of the molecule is O=CC1CCc2cc(C(F)(F)F)ccc21. The molecule has 1 atom stereocenters. The van der Waals surface area contributed by atoms with Gasteiger partial charge in [0.25, 0.3) is 0 Å². The molecule has 1 aliphatic carbocycles. The minimum absolute atomic E-state index is 0.220. The van der Waals surface area contributed by atoms with E-state index in [0.717, 1.165) is 24.0 Å². The summed E-state index contributed by atoms with van der Waals surface area (Å²) in [5, 5.41) is 0. The topological polar surface area (TPSA) is 17.1 Å². The van der Waals surface area contributed by atoms with Crippen LogP contribution in [0.1, 0.15) is 29.0 Å². The predicted octanol–water partition coefficient (Wildman–Crippen LogP) is 2.93. The lowest BCUT2D eigenvalue weighted by molar-refractivity contribution is -0.137. The molecule has 1 aromatic rings. The van der Waals surface area contributed by atoms with Crippen molar-refractivity contribution in [3.63, 3.8) is 0 Å². The maximum Gasteiger partial charge on any atom is 0.416 e. The van der Waals surface area contributed by atoms with Crippen LogP contribution >= 0.6 is 0 Å². The van der Waals surface area contributed by atoms with Crippen molar-refractivity contribution in [2.45, 2.75) is 24.9 Å². The molecule has 0 amide bonds. The van der Waals surface area contributed by atoms with Crippen LogP contribution in [0.4, 0.5) is 13.2 Å². The van der Waals surface area contributed by atoms with Gasteiger partial charge in [0.15, 0.2) is 0 Å². The van der Waals surface area contributed by atoms with Gasteiger partial charge >= 0.3 is 6.18 Å². The van der Waals surface area contributed by atoms with Crippen LogP contribution in [0.25, 0.3) is 0 Å². The quantitative estimate of drug-likeness (QED) is 0.657. The Morgan fingerprint density at radius 1 is 1.33 bits per heavy atom. The molecule has 0 saturated heterocycles. The Morgan fingerprint density at radius 2 is 2.07 bits per heavy atom. The van der Waals surface area contributed by atoms with E-state index in [1.807, 2.05) is 0 Å². The molecular formula is C11H9F3O. The number of aldehydes is 1. The molecule has 1 aliphatic rings. The third kappa shape index (κ3) is 1.76. The standard InChI is InChI=1S/C11H9F3O/c12-11(13,14)9-3-4-10-7(5-9)1-2-8(10)6-15/h3-6,8H,1-2H2. The number of hydrogen-bond donors (Lipinski definition) is 0. The number of alkyl halides is 3. The zero-order valence-corrected chi connectivity index (χ0v) is 7.84. The summed E-state index contributed by atoms with van der Waals surface area (Å²) in [6, 6.07) is 3.61. The Labute approximate surface area is 84.9 Å². The number of carbonyl (C=O) groups excluding carboxylic acids is 1. The Balaban J connectivity index is 2.41. The number of benzene rings is 1. The Hall–Kier alpha value is -1.32. The first-order chi connectivity index (χ1) is 7.02. The van der Waals surface area contributed by atoms with Crippen molar-refractivity contribution in [2.24, 2.45) is 0 Å². The van der Waals surface area contributed by atoms with Crippen molar-refractivity contribution in [3.8, 4) is 0 Å². The van der Waals surface area contributed by atoms with Crippen molar-refractivity contribution in [1.29, 1.82) is 0 Å². The summed E-state index contributed by atoms with van der Waals surface area (Å²) in [6.45, 7) is 0. The molecule has 2 rings (SSSR count). The van der Waals surface area contributed by atoms with Gasteiger partial charge in [-0.1, -0.05) is 6.07 Å². The minimum Gasteiger partial charge on any atom is -0.303 e. The van der Waals surface area contributed by atoms with Gasteiger partial charge in [0.2, 0.25) is 0 Å². The fraction of sp³-hybridized carbons (Fsp3) is 0.364. The lowest BCUT2D eigenvalue weighted by Crippen LogP contribution is -2.05. The highest BCUT2D eigenvalue weighted by Gasteiger charge is 2.32. The van der Waals surface area contributed by atoms with Crippen molar-refractivity contribution in [3.05, 3.63) is 34.9 Å². The third-order valence-corrected chi connectivity index (χ3v) is 2.76. The summed E-state index contributed by atoms with van der Waals surface area (Å²) >= 11 is 0. The first-order valence-electron chi connectivity index (χ1n) is 4.67. The average Bonchev–Trinajstić information content (AvgIpc) is 2.58. The molecule has 0 saturated carbocycles. The average molecular weight is 214 g/mol. The van der Waals surface area contributed by atoms with Crippen LogP contribution in [0.3, 0.4) is 0 Å². The van der Waals surface area contributed by atoms with Gasteiger partial charge in [0.1, 0.15) is 6.29 Å². The third-order valence-electron chi connectivity index (χ3n) is 2.76. The molecule has 0 aromatic heterocycles. The van der Waals surface area contributed by atoms with Crippen LogP contribution in [-0.4, -0.2) is 6.29 Å². The highest BCUT2D eigenvalue weighted by atomic mass is 19.4. The van der Waals surface area contributed by atoms with E-state index in [2.05, 4.69) is 0 Å². The van der Waals surface area contributed by atoms with E-state index in [9.17, 15) is 18.0 Å². The summed E-state index contributed by atoms with van der Waals surface area (Å²) in [4.78, 5) is 10.6. The van der Waals surface area contributed by atoms with Crippen molar-refractivity contribution in [1.82, 2.24) is 0 Å². The maximum atomic E-state index is 12.4. The van der Waals surface area contributed by atoms with Gasteiger partial charge in [0.05, 0.1) is 5.56 Å². The fourth-order valence-corrected chi connectivity index (χ4v) is 1.97. The molecule has 0 fully saturated rings. The summed E-state index contributed by atoms with van der Waals surface area (Å²) < 4.78 is 37.1. The van der Waals surface area contributed by atoms with Crippen LogP contribution in [-0.2, 0) is 17.4 Å². The molecule has 0 aliphatic heterocycles. The van der Waals surface area contributed by atoms with Gasteiger partial charge in [0, 0.05) is 5.92 Å². The molecule has 15 heavy (non-hydrogen) atoms. The second-order valence-corrected chi connectivity index (χ2v) is 3.69. The van der Waals surface area contributed by atoms with Gasteiger partial charge in [-0.15, -0.1) is 0 Å². The van der Waals surface area contributed by atoms with E-state index in [-0.39, 0.29) is 5.92 Å². The summed E-state index contributed by atoms with van der Waals surface area (Å²) in [5.74, 6) is -0.220. The number of aryl methyl sites for hydroxylation is 1. The molecule has 1 unspecified atom stereocenters. The van der Waals surface area contributed by atoms with Crippen molar-refractivity contribution >= 4 is 6.29 Å². The van der Waals surface area contributed by atoms with E-state index < -0.39 is 11.7 Å². The molecule has 80 valence electrons. The maximum absolute atomic E-state index is 12.4. The van der Waals surface area contributed by atoms with Crippen LogP contribution in [0, 0.1) is 0 Å². The van der Waals surface area contributed by atoms with Crippen LogP contribution < -0.4 is 0 Å². The van der Waals surface area contributed by atoms with Crippen molar-refractivity contribution < 1.29 is 18.0 Å².